The minimum Gasteiger partial charge on any atom is -0.444 e. The van der Waals surface area contributed by atoms with Crippen LogP contribution >= 0.6 is 0 Å². The smallest absolute Gasteiger partial charge is 0.410 e. The molecule has 0 aromatic heterocycles. The number of piperidine rings is 2. The maximum atomic E-state index is 12.3. The number of carbonyl (C=O) groups is 1. The molecule has 2 heterocycles. The van der Waals surface area contributed by atoms with Crippen LogP contribution in [0.4, 0.5) is 4.79 Å². The average molecular weight is 426 g/mol. The fourth-order valence-electron chi connectivity index (χ4n) is 4.10. The van der Waals surface area contributed by atoms with Gasteiger partial charge in [0.15, 0.2) is 5.96 Å². The van der Waals surface area contributed by atoms with E-state index in [0.717, 1.165) is 83.9 Å². The standard InChI is InChI=1S/C22H43N5O3/c1-22(2,3)30-21(28)27-12-6-7-18(17-27)8-11-24-20(23-4)25-19-9-13-26(14-10-19)15-16-29-5/h18-19H,6-17H2,1-5H3,(H2,23,24,25). The molecular formula is C22H43N5O3. The predicted octanol–water partition coefficient (Wildman–Crippen LogP) is 2.30. The van der Waals surface area contributed by atoms with E-state index in [4.69, 9.17) is 9.47 Å². The van der Waals surface area contributed by atoms with Crippen LogP contribution in [0.2, 0.25) is 0 Å². The number of hydrogen-bond donors (Lipinski definition) is 2. The van der Waals surface area contributed by atoms with E-state index in [1.54, 1.807) is 7.11 Å². The number of amides is 1. The molecule has 0 spiro atoms. The first-order chi connectivity index (χ1) is 14.3. The van der Waals surface area contributed by atoms with Crippen LogP contribution in [0.3, 0.4) is 0 Å². The van der Waals surface area contributed by atoms with E-state index in [1.807, 2.05) is 32.7 Å². The van der Waals surface area contributed by atoms with E-state index in [0.29, 0.717) is 12.0 Å². The second-order valence-corrected chi connectivity index (χ2v) is 9.48. The van der Waals surface area contributed by atoms with Gasteiger partial charge in [0.1, 0.15) is 5.60 Å². The van der Waals surface area contributed by atoms with Crippen molar-refractivity contribution < 1.29 is 14.3 Å². The number of ether oxygens (including phenoxy) is 2. The Hall–Kier alpha value is -1.54. The van der Waals surface area contributed by atoms with Gasteiger partial charge in [0.25, 0.3) is 0 Å². The highest BCUT2D eigenvalue weighted by atomic mass is 16.6. The van der Waals surface area contributed by atoms with Crippen LogP contribution in [0, 0.1) is 5.92 Å². The summed E-state index contributed by atoms with van der Waals surface area (Å²) in [4.78, 5) is 21.1. The summed E-state index contributed by atoms with van der Waals surface area (Å²) < 4.78 is 10.7. The van der Waals surface area contributed by atoms with Crippen molar-refractivity contribution in [2.45, 2.75) is 64.5 Å². The number of hydrogen-bond acceptors (Lipinski definition) is 5. The third-order valence-corrected chi connectivity index (χ3v) is 5.78. The number of aliphatic imine (C=N–C) groups is 1. The molecule has 0 saturated carbocycles. The molecular weight excluding hydrogens is 382 g/mol. The number of rotatable bonds is 7. The molecule has 2 aliphatic rings. The Balaban J connectivity index is 1.66. The summed E-state index contributed by atoms with van der Waals surface area (Å²) in [7, 11) is 3.58. The minimum absolute atomic E-state index is 0.186. The maximum Gasteiger partial charge on any atom is 0.410 e. The van der Waals surface area contributed by atoms with Gasteiger partial charge >= 0.3 is 6.09 Å². The lowest BCUT2D eigenvalue weighted by atomic mass is 9.95. The summed E-state index contributed by atoms with van der Waals surface area (Å²) >= 11 is 0. The second-order valence-electron chi connectivity index (χ2n) is 9.48. The topological polar surface area (TPSA) is 78.4 Å². The van der Waals surface area contributed by atoms with Crippen LogP contribution in [-0.4, -0.2) is 93.5 Å². The Morgan fingerprint density at radius 2 is 1.90 bits per heavy atom. The molecule has 8 heteroatoms. The first-order valence-corrected chi connectivity index (χ1v) is 11.5. The molecule has 2 fully saturated rings. The van der Waals surface area contributed by atoms with Gasteiger partial charge in [-0.1, -0.05) is 0 Å². The summed E-state index contributed by atoms with van der Waals surface area (Å²) in [5.41, 5.74) is -0.441. The predicted molar refractivity (Wildman–Crippen MR) is 121 cm³/mol. The van der Waals surface area contributed by atoms with E-state index in [1.165, 1.54) is 0 Å². The summed E-state index contributed by atoms with van der Waals surface area (Å²) in [6, 6.07) is 0.465. The summed E-state index contributed by atoms with van der Waals surface area (Å²) in [5.74, 6) is 1.38. The van der Waals surface area contributed by atoms with Crippen LogP contribution in [0.1, 0.15) is 52.9 Å². The van der Waals surface area contributed by atoms with Crippen molar-refractivity contribution >= 4 is 12.1 Å². The Kier molecular flexibility index (Phi) is 10.2. The molecule has 2 N–H and O–H groups in total. The quantitative estimate of drug-likeness (QED) is 0.481. The molecule has 30 heavy (non-hydrogen) atoms. The molecule has 0 aromatic rings. The van der Waals surface area contributed by atoms with Crippen LogP contribution < -0.4 is 10.6 Å². The second kappa shape index (κ2) is 12.3. The van der Waals surface area contributed by atoms with Crippen LogP contribution in [-0.2, 0) is 9.47 Å². The highest BCUT2D eigenvalue weighted by Crippen LogP contribution is 2.21. The van der Waals surface area contributed by atoms with Crippen LogP contribution in [0.15, 0.2) is 4.99 Å². The minimum atomic E-state index is -0.441. The number of carbonyl (C=O) groups excluding carboxylic acids is 1. The van der Waals surface area contributed by atoms with E-state index in [-0.39, 0.29) is 6.09 Å². The van der Waals surface area contributed by atoms with Crippen LogP contribution in [0.5, 0.6) is 0 Å². The highest BCUT2D eigenvalue weighted by molar-refractivity contribution is 5.79. The molecule has 0 radical (unpaired) electrons. The van der Waals surface area contributed by atoms with Crippen molar-refractivity contribution in [3.8, 4) is 0 Å². The molecule has 2 aliphatic heterocycles. The fraction of sp³-hybridized carbons (Fsp3) is 0.909. The van der Waals surface area contributed by atoms with Gasteiger partial charge in [0.2, 0.25) is 0 Å². The van der Waals surface area contributed by atoms with Crippen molar-refractivity contribution in [3.05, 3.63) is 0 Å². The summed E-state index contributed by atoms with van der Waals surface area (Å²) in [5, 5.41) is 7.03. The first kappa shape index (κ1) is 24.7. The molecule has 2 saturated heterocycles. The molecule has 8 nitrogen and oxygen atoms in total. The zero-order valence-corrected chi connectivity index (χ0v) is 19.7. The van der Waals surface area contributed by atoms with Gasteiger partial charge in [0, 0.05) is 59.5 Å². The molecule has 1 amide bonds. The molecule has 174 valence electrons. The van der Waals surface area contributed by atoms with Gasteiger partial charge in [-0.25, -0.2) is 4.79 Å². The van der Waals surface area contributed by atoms with E-state index in [9.17, 15) is 4.79 Å². The monoisotopic (exact) mass is 425 g/mol. The van der Waals surface area contributed by atoms with Gasteiger partial charge in [-0.2, -0.15) is 0 Å². The molecule has 0 aromatic carbocycles. The van der Waals surface area contributed by atoms with Crippen molar-refractivity contribution in [1.82, 2.24) is 20.4 Å². The normalized spacial score (nSPS) is 22.1. The zero-order valence-electron chi connectivity index (χ0n) is 19.7. The van der Waals surface area contributed by atoms with Gasteiger partial charge in [-0.05, 0) is 58.8 Å². The number of likely N-dealkylation sites (tertiary alicyclic amines) is 2. The Bertz CT molecular complexity index is 541. The third kappa shape index (κ3) is 9.08. The van der Waals surface area contributed by atoms with Gasteiger partial charge < -0.3 is 29.9 Å². The van der Waals surface area contributed by atoms with Gasteiger partial charge in [-0.3, -0.25) is 4.99 Å². The van der Waals surface area contributed by atoms with E-state index in [2.05, 4.69) is 20.5 Å². The Morgan fingerprint density at radius 3 is 2.53 bits per heavy atom. The van der Waals surface area contributed by atoms with Crippen molar-refractivity contribution in [2.75, 3.05) is 60.0 Å². The van der Waals surface area contributed by atoms with Crippen molar-refractivity contribution in [2.24, 2.45) is 10.9 Å². The molecule has 1 atom stereocenters. The largest absolute Gasteiger partial charge is 0.444 e. The van der Waals surface area contributed by atoms with Crippen molar-refractivity contribution in [1.29, 1.82) is 0 Å². The number of methoxy groups -OCH3 is 1. The molecule has 0 aliphatic carbocycles. The number of nitrogens with zero attached hydrogens (tertiary/aromatic N) is 3. The van der Waals surface area contributed by atoms with Crippen LogP contribution in [0.25, 0.3) is 0 Å². The Labute approximate surface area is 182 Å². The molecule has 2 rings (SSSR count). The highest BCUT2D eigenvalue weighted by Gasteiger charge is 2.27. The Morgan fingerprint density at radius 1 is 1.17 bits per heavy atom. The van der Waals surface area contributed by atoms with Crippen molar-refractivity contribution in [3.63, 3.8) is 0 Å². The lowest BCUT2D eigenvalue weighted by Crippen LogP contribution is -2.49. The SMILES string of the molecule is CN=C(NCCC1CCCN(C(=O)OC(C)(C)C)C1)NC1CCN(CCOC)CC1. The lowest BCUT2D eigenvalue weighted by Gasteiger charge is -2.34. The fourth-order valence-corrected chi connectivity index (χ4v) is 4.10. The summed E-state index contributed by atoms with van der Waals surface area (Å²) in [6.45, 7) is 12.2. The van der Waals surface area contributed by atoms with E-state index < -0.39 is 5.60 Å². The van der Waals surface area contributed by atoms with E-state index >= 15 is 0 Å². The summed E-state index contributed by atoms with van der Waals surface area (Å²) in [6.07, 6.45) is 5.28. The third-order valence-electron chi connectivity index (χ3n) is 5.78. The lowest BCUT2D eigenvalue weighted by molar-refractivity contribution is 0.0162. The molecule has 1 unspecified atom stereocenters. The average Bonchev–Trinajstić information content (AvgIpc) is 2.71. The number of guanidine groups is 1. The van der Waals surface area contributed by atoms with Gasteiger partial charge in [0.05, 0.1) is 6.61 Å². The van der Waals surface area contributed by atoms with Gasteiger partial charge in [-0.15, -0.1) is 0 Å². The maximum absolute atomic E-state index is 12.3. The zero-order chi connectivity index (χ0) is 22.0. The first-order valence-electron chi connectivity index (χ1n) is 11.5. The molecule has 0 bridgehead atoms. The number of nitrogens with one attached hydrogen (secondary N) is 2.